The molecule has 0 aromatic rings. The molecule has 0 aromatic carbocycles. The van der Waals surface area contributed by atoms with Crippen molar-refractivity contribution in [1.29, 1.82) is 0 Å². The van der Waals surface area contributed by atoms with E-state index in [1.54, 1.807) is 0 Å². The Morgan fingerprint density at radius 1 is 1.00 bits per heavy atom. The van der Waals surface area contributed by atoms with Crippen LogP contribution in [0.1, 0.15) is 92.4 Å². The van der Waals surface area contributed by atoms with Crippen LogP contribution in [0.5, 0.6) is 0 Å². The van der Waals surface area contributed by atoms with Crippen LogP contribution in [0.2, 0.25) is 0 Å². The summed E-state index contributed by atoms with van der Waals surface area (Å²) in [5, 5.41) is 10.7. The van der Waals surface area contributed by atoms with Crippen LogP contribution >= 0.6 is 0 Å². The lowest BCUT2D eigenvalue weighted by Crippen LogP contribution is -2.50. The first-order valence-electron chi connectivity index (χ1n) is 10.7. The van der Waals surface area contributed by atoms with E-state index in [1.165, 1.54) is 51.4 Å². The molecule has 0 amide bonds. The summed E-state index contributed by atoms with van der Waals surface area (Å²) in [4.78, 5) is 0. The van der Waals surface area contributed by atoms with E-state index in [1.807, 2.05) is 0 Å². The van der Waals surface area contributed by atoms with Gasteiger partial charge in [-0.15, -0.1) is 0 Å². The molecular formula is C22H42O. The minimum Gasteiger partial charge on any atom is -0.393 e. The Kier molecular flexibility index (Phi) is 7.45. The molecule has 1 nitrogen and oxygen atoms in total. The predicted molar refractivity (Wildman–Crippen MR) is 100 cm³/mol. The van der Waals surface area contributed by atoms with Gasteiger partial charge in [-0.1, -0.05) is 66.7 Å². The van der Waals surface area contributed by atoms with Crippen molar-refractivity contribution >= 4 is 0 Å². The third-order valence-corrected chi connectivity index (χ3v) is 7.40. The Labute approximate surface area is 145 Å². The summed E-state index contributed by atoms with van der Waals surface area (Å²) in [5.74, 6) is 5.60. The largest absolute Gasteiger partial charge is 0.393 e. The van der Waals surface area contributed by atoms with Crippen LogP contribution in [0, 0.1) is 41.4 Å². The molecule has 2 aliphatic rings. The number of hydrogen-bond acceptors (Lipinski definition) is 1. The van der Waals surface area contributed by atoms with Crippen LogP contribution in [-0.2, 0) is 0 Å². The first kappa shape index (κ1) is 19.3. The zero-order valence-corrected chi connectivity index (χ0v) is 16.4. The molecule has 136 valence electrons. The van der Waals surface area contributed by atoms with Crippen molar-refractivity contribution in [3.63, 3.8) is 0 Å². The molecule has 0 bridgehead atoms. The molecule has 2 aliphatic carbocycles. The summed E-state index contributed by atoms with van der Waals surface area (Å²) in [5.41, 5.74) is 0. The molecule has 8 atom stereocenters. The van der Waals surface area contributed by atoms with Gasteiger partial charge in [0.25, 0.3) is 0 Å². The van der Waals surface area contributed by atoms with Gasteiger partial charge in [0.2, 0.25) is 0 Å². The smallest absolute Gasteiger partial charge is 0.0571 e. The third-order valence-electron chi connectivity index (χ3n) is 7.40. The van der Waals surface area contributed by atoms with Gasteiger partial charge in [-0.25, -0.2) is 0 Å². The normalized spacial score (nSPS) is 42.3. The lowest BCUT2D eigenvalue weighted by molar-refractivity contribution is -0.0958. The minimum atomic E-state index is -0.0187. The van der Waals surface area contributed by atoms with Crippen LogP contribution in [0.3, 0.4) is 0 Å². The molecule has 0 heterocycles. The van der Waals surface area contributed by atoms with Crippen LogP contribution in [0.25, 0.3) is 0 Å². The molecule has 0 radical (unpaired) electrons. The number of hydrogen-bond donors (Lipinski definition) is 1. The second-order valence-corrected chi connectivity index (χ2v) is 9.08. The van der Waals surface area contributed by atoms with E-state index >= 15 is 0 Å². The van der Waals surface area contributed by atoms with Crippen molar-refractivity contribution in [2.24, 2.45) is 41.4 Å². The Hall–Kier alpha value is -0.0400. The van der Waals surface area contributed by atoms with Gasteiger partial charge >= 0.3 is 0 Å². The van der Waals surface area contributed by atoms with Gasteiger partial charge in [-0.2, -0.15) is 0 Å². The molecule has 0 saturated heterocycles. The summed E-state index contributed by atoms with van der Waals surface area (Å²) in [6, 6.07) is 0. The molecule has 1 heteroatoms. The zero-order valence-electron chi connectivity index (χ0n) is 16.4. The molecule has 2 fully saturated rings. The number of fused-ring (bicyclic) bond motifs is 1. The lowest BCUT2D eigenvalue weighted by Gasteiger charge is -2.54. The second kappa shape index (κ2) is 8.88. The van der Waals surface area contributed by atoms with E-state index in [0.29, 0.717) is 5.92 Å². The minimum absolute atomic E-state index is 0.0187. The molecule has 1 N–H and O–H groups in total. The molecule has 23 heavy (non-hydrogen) atoms. The fraction of sp³-hybridized carbons (Fsp3) is 1.00. The quantitative estimate of drug-likeness (QED) is 0.545. The van der Waals surface area contributed by atoms with Crippen LogP contribution < -0.4 is 0 Å². The summed E-state index contributed by atoms with van der Waals surface area (Å²) in [6.45, 7) is 12.1. The average Bonchev–Trinajstić information content (AvgIpc) is 2.51. The molecule has 0 spiro atoms. The summed E-state index contributed by atoms with van der Waals surface area (Å²) in [6.07, 6.45) is 11.8. The van der Waals surface area contributed by atoms with E-state index in [2.05, 4.69) is 34.6 Å². The van der Waals surface area contributed by atoms with Gasteiger partial charge in [-0.05, 0) is 67.1 Å². The Morgan fingerprint density at radius 2 is 1.74 bits per heavy atom. The zero-order chi connectivity index (χ0) is 17.0. The monoisotopic (exact) mass is 322 g/mol. The standard InChI is InChI=1S/C22H42O/c1-6-8-9-11-18-21(15(3)10-7-2)17(5)14-19-20(23)13-12-16(4)22(18)19/h15-23H,6-14H2,1-5H3/t15?,16-,17+,18+,19?,20?,21+,22-/m0/s1. The number of unbranched alkanes of at least 4 members (excludes halogenated alkanes) is 2. The van der Waals surface area contributed by atoms with Crippen molar-refractivity contribution < 1.29 is 5.11 Å². The summed E-state index contributed by atoms with van der Waals surface area (Å²) < 4.78 is 0. The van der Waals surface area contributed by atoms with Crippen LogP contribution in [-0.4, -0.2) is 11.2 Å². The maximum Gasteiger partial charge on any atom is 0.0571 e. The Balaban J connectivity index is 2.22. The van der Waals surface area contributed by atoms with Crippen molar-refractivity contribution in [2.75, 3.05) is 0 Å². The number of aliphatic hydroxyl groups excluding tert-OH is 1. The maximum atomic E-state index is 10.7. The third kappa shape index (κ3) is 4.33. The number of aliphatic hydroxyl groups is 1. The Morgan fingerprint density at radius 3 is 2.39 bits per heavy atom. The van der Waals surface area contributed by atoms with Gasteiger partial charge in [-0.3, -0.25) is 0 Å². The van der Waals surface area contributed by atoms with Gasteiger partial charge in [0, 0.05) is 0 Å². The van der Waals surface area contributed by atoms with Crippen molar-refractivity contribution in [3.8, 4) is 0 Å². The molecule has 0 aromatic heterocycles. The fourth-order valence-corrected chi connectivity index (χ4v) is 6.48. The highest BCUT2D eigenvalue weighted by Gasteiger charge is 2.49. The van der Waals surface area contributed by atoms with Crippen molar-refractivity contribution in [2.45, 2.75) is 98.5 Å². The molecular weight excluding hydrogens is 280 g/mol. The van der Waals surface area contributed by atoms with Crippen molar-refractivity contribution in [1.82, 2.24) is 0 Å². The molecule has 3 unspecified atom stereocenters. The second-order valence-electron chi connectivity index (χ2n) is 9.08. The highest BCUT2D eigenvalue weighted by Crippen LogP contribution is 2.54. The van der Waals surface area contributed by atoms with Crippen LogP contribution in [0.15, 0.2) is 0 Å². The van der Waals surface area contributed by atoms with Crippen LogP contribution in [0.4, 0.5) is 0 Å². The molecule has 2 saturated carbocycles. The first-order valence-corrected chi connectivity index (χ1v) is 10.7. The van der Waals surface area contributed by atoms with Crippen molar-refractivity contribution in [3.05, 3.63) is 0 Å². The first-order chi connectivity index (χ1) is 11.0. The Bertz CT molecular complexity index is 339. The van der Waals surface area contributed by atoms with E-state index in [9.17, 15) is 5.11 Å². The van der Waals surface area contributed by atoms with E-state index < -0.39 is 0 Å². The number of rotatable bonds is 7. The SMILES string of the molecule is CCCCC[C@H]1[C@H]2C(C[C@@H](C)[C@H]1C(C)CCC)C(O)CC[C@@H]2C. The molecule has 2 rings (SSSR count). The topological polar surface area (TPSA) is 20.2 Å². The fourth-order valence-electron chi connectivity index (χ4n) is 6.48. The van der Waals surface area contributed by atoms with E-state index in [4.69, 9.17) is 0 Å². The highest BCUT2D eigenvalue weighted by atomic mass is 16.3. The average molecular weight is 323 g/mol. The van der Waals surface area contributed by atoms with Gasteiger partial charge < -0.3 is 5.11 Å². The summed E-state index contributed by atoms with van der Waals surface area (Å²) in [7, 11) is 0. The molecule has 0 aliphatic heterocycles. The van der Waals surface area contributed by atoms with E-state index in [0.717, 1.165) is 41.9 Å². The van der Waals surface area contributed by atoms with Gasteiger partial charge in [0.05, 0.1) is 6.10 Å². The maximum absolute atomic E-state index is 10.7. The highest BCUT2D eigenvalue weighted by molar-refractivity contribution is 4.98. The van der Waals surface area contributed by atoms with Gasteiger partial charge in [0.15, 0.2) is 0 Å². The summed E-state index contributed by atoms with van der Waals surface area (Å²) >= 11 is 0. The predicted octanol–water partition coefficient (Wildman–Crippen LogP) is 6.30. The van der Waals surface area contributed by atoms with E-state index in [-0.39, 0.29) is 6.10 Å². The lowest BCUT2D eigenvalue weighted by atomic mass is 9.51. The van der Waals surface area contributed by atoms with Gasteiger partial charge in [0.1, 0.15) is 0 Å².